The Morgan fingerprint density at radius 1 is 1.20 bits per heavy atom. The molecule has 2 heterocycles. The number of nitrogens with one attached hydrogen (secondary N) is 1. The van der Waals surface area contributed by atoms with E-state index < -0.39 is 0 Å². The van der Waals surface area contributed by atoms with Gasteiger partial charge in [-0.2, -0.15) is 0 Å². The fraction of sp³-hybridized carbons (Fsp3) is 0.947. The van der Waals surface area contributed by atoms with Crippen LogP contribution in [0.1, 0.15) is 33.1 Å². The standard InChI is InChI=1S/C19H39N5O/c1-6-16(7-2)18(22(4)5)14-21-19(20-3)24-9-8-17(15-24)23-10-12-25-13-11-23/h16-18H,6-15H2,1-5H3,(H,20,21). The second-order valence-electron chi connectivity index (χ2n) is 7.57. The summed E-state index contributed by atoms with van der Waals surface area (Å²) in [4.78, 5) is 11.9. The minimum atomic E-state index is 0.546. The highest BCUT2D eigenvalue weighted by Crippen LogP contribution is 2.18. The van der Waals surface area contributed by atoms with E-state index in [2.05, 4.69) is 53.0 Å². The molecule has 0 aliphatic carbocycles. The predicted molar refractivity (Wildman–Crippen MR) is 105 cm³/mol. The molecule has 2 atom stereocenters. The fourth-order valence-electron chi connectivity index (χ4n) is 4.31. The van der Waals surface area contributed by atoms with Gasteiger partial charge in [0.15, 0.2) is 5.96 Å². The number of morpholine rings is 1. The number of ether oxygens (including phenoxy) is 1. The SMILES string of the molecule is CCC(CC)C(CNC(=NC)N1CCC(N2CCOCC2)C1)N(C)C. The van der Waals surface area contributed by atoms with Gasteiger partial charge in [-0.05, 0) is 26.4 Å². The van der Waals surface area contributed by atoms with E-state index in [0.717, 1.165) is 57.8 Å². The van der Waals surface area contributed by atoms with E-state index in [0.29, 0.717) is 12.1 Å². The number of hydrogen-bond acceptors (Lipinski definition) is 4. The molecule has 2 aliphatic heterocycles. The van der Waals surface area contributed by atoms with Crippen molar-refractivity contribution in [1.29, 1.82) is 0 Å². The molecule has 2 aliphatic rings. The van der Waals surface area contributed by atoms with Gasteiger partial charge in [-0.15, -0.1) is 0 Å². The molecule has 0 aromatic carbocycles. The summed E-state index contributed by atoms with van der Waals surface area (Å²) in [7, 11) is 6.29. The average molecular weight is 354 g/mol. The molecule has 6 nitrogen and oxygen atoms in total. The summed E-state index contributed by atoms with van der Waals surface area (Å²) in [5.41, 5.74) is 0. The molecular weight excluding hydrogens is 314 g/mol. The van der Waals surface area contributed by atoms with Crippen molar-refractivity contribution in [2.24, 2.45) is 10.9 Å². The highest BCUT2D eigenvalue weighted by atomic mass is 16.5. The summed E-state index contributed by atoms with van der Waals surface area (Å²) in [5.74, 6) is 1.79. The Hall–Kier alpha value is -0.850. The molecule has 2 unspecified atom stereocenters. The van der Waals surface area contributed by atoms with Crippen molar-refractivity contribution in [3.8, 4) is 0 Å². The maximum absolute atomic E-state index is 5.49. The predicted octanol–water partition coefficient (Wildman–Crippen LogP) is 1.33. The number of nitrogens with zero attached hydrogens (tertiary/aromatic N) is 4. The fourth-order valence-corrected chi connectivity index (χ4v) is 4.31. The van der Waals surface area contributed by atoms with Crippen LogP contribution in [-0.2, 0) is 4.74 Å². The summed E-state index contributed by atoms with van der Waals surface area (Å²) in [6.07, 6.45) is 3.68. The minimum Gasteiger partial charge on any atom is -0.379 e. The third-order valence-electron chi connectivity index (χ3n) is 5.96. The van der Waals surface area contributed by atoms with Crippen LogP contribution in [0.3, 0.4) is 0 Å². The van der Waals surface area contributed by atoms with Crippen LogP contribution in [0.5, 0.6) is 0 Å². The molecule has 0 aromatic heterocycles. The molecule has 0 spiro atoms. The lowest BCUT2D eigenvalue weighted by Gasteiger charge is -2.34. The zero-order valence-electron chi connectivity index (χ0n) is 17.0. The van der Waals surface area contributed by atoms with Crippen molar-refractivity contribution < 1.29 is 4.74 Å². The molecule has 146 valence electrons. The third kappa shape index (κ3) is 5.56. The average Bonchev–Trinajstić information content (AvgIpc) is 3.12. The Labute approximate surface area is 154 Å². The monoisotopic (exact) mass is 353 g/mol. The quantitative estimate of drug-likeness (QED) is 0.553. The van der Waals surface area contributed by atoms with Gasteiger partial charge < -0.3 is 19.9 Å². The Kier molecular flexibility index (Phi) is 8.46. The lowest BCUT2D eigenvalue weighted by Crippen LogP contribution is -2.50. The van der Waals surface area contributed by atoms with Gasteiger partial charge in [0.25, 0.3) is 0 Å². The zero-order valence-corrected chi connectivity index (χ0v) is 17.0. The first kappa shape index (κ1) is 20.5. The highest BCUT2D eigenvalue weighted by Gasteiger charge is 2.30. The number of likely N-dealkylation sites (tertiary alicyclic amines) is 1. The van der Waals surface area contributed by atoms with E-state index in [1.165, 1.54) is 19.3 Å². The van der Waals surface area contributed by atoms with Crippen molar-refractivity contribution >= 4 is 5.96 Å². The molecule has 25 heavy (non-hydrogen) atoms. The molecule has 2 saturated heterocycles. The van der Waals surface area contributed by atoms with Gasteiger partial charge in [0.1, 0.15) is 0 Å². The highest BCUT2D eigenvalue weighted by molar-refractivity contribution is 5.80. The molecule has 2 fully saturated rings. The van der Waals surface area contributed by atoms with Gasteiger partial charge in [0.2, 0.25) is 0 Å². The molecule has 2 rings (SSSR count). The van der Waals surface area contributed by atoms with Gasteiger partial charge in [0.05, 0.1) is 13.2 Å². The van der Waals surface area contributed by atoms with Crippen LogP contribution in [0, 0.1) is 5.92 Å². The van der Waals surface area contributed by atoms with Crippen LogP contribution in [0.4, 0.5) is 0 Å². The smallest absolute Gasteiger partial charge is 0.193 e. The topological polar surface area (TPSA) is 43.3 Å². The van der Waals surface area contributed by atoms with Crippen molar-refractivity contribution in [2.45, 2.75) is 45.2 Å². The second-order valence-corrected chi connectivity index (χ2v) is 7.57. The number of aliphatic imine (C=N–C) groups is 1. The summed E-state index contributed by atoms with van der Waals surface area (Å²) in [6.45, 7) is 11.6. The Bertz CT molecular complexity index is 405. The molecule has 6 heteroatoms. The lowest BCUT2D eigenvalue weighted by molar-refractivity contribution is 0.0194. The molecule has 0 saturated carbocycles. The Morgan fingerprint density at radius 3 is 2.44 bits per heavy atom. The van der Waals surface area contributed by atoms with E-state index in [4.69, 9.17) is 4.74 Å². The first-order valence-corrected chi connectivity index (χ1v) is 10.0. The number of rotatable bonds is 7. The maximum atomic E-state index is 5.49. The van der Waals surface area contributed by atoms with E-state index in [9.17, 15) is 0 Å². The summed E-state index contributed by atoms with van der Waals surface area (Å²) in [5, 5.41) is 3.66. The third-order valence-corrected chi connectivity index (χ3v) is 5.96. The van der Waals surface area contributed by atoms with Gasteiger partial charge in [-0.25, -0.2) is 0 Å². The molecule has 0 aromatic rings. The van der Waals surface area contributed by atoms with Gasteiger partial charge in [-0.3, -0.25) is 9.89 Å². The summed E-state index contributed by atoms with van der Waals surface area (Å²) >= 11 is 0. The molecular formula is C19H39N5O. The molecule has 0 amide bonds. The minimum absolute atomic E-state index is 0.546. The van der Waals surface area contributed by atoms with Crippen LogP contribution in [-0.4, -0.2) is 99.8 Å². The first-order valence-electron chi connectivity index (χ1n) is 10.0. The largest absolute Gasteiger partial charge is 0.379 e. The second kappa shape index (κ2) is 10.3. The van der Waals surface area contributed by atoms with E-state index in [-0.39, 0.29) is 0 Å². The number of guanidine groups is 1. The van der Waals surface area contributed by atoms with Crippen LogP contribution < -0.4 is 5.32 Å². The summed E-state index contributed by atoms with van der Waals surface area (Å²) in [6, 6.07) is 1.19. The van der Waals surface area contributed by atoms with Gasteiger partial charge in [-0.1, -0.05) is 26.7 Å². The van der Waals surface area contributed by atoms with E-state index in [1.807, 2.05) is 7.05 Å². The van der Waals surface area contributed by atoms with E-state index in [1.54, 1.807) is 0 Å². The van der Waals surface area contributed by atoms with Gasteiger partial charge >= 0.3 is 0 Å². The molecule has 0 radical (unpaired) electrons. The van der Waals surface area contributed by atoms with Crippen molar-refractivity contribution in [1.82, 2.24) is 20.0 Å². The van der Waals surface area contributed by atoms with Crippen LogP contribution in [0.15, 0.2) is 4.99 Å². The van der Waals surface area contributed by atoms with Gasteiger partial charge in [0, 0.05) is 51.9 Å². The first-order chi connectivity index (χ1) is 12.1. The van der Waals surface area contributed by atoms with Crippen molar-refractivity contribution in [2.75, 3.05) is 67.1 Å². The Morgan fingerprint density at radius 2 is 1.88 bits per heavy atom. The van der Waals surface area contributed by atoms with Crippen LogP contribution in [0.2, 0.25) is 0 Å². The van der Waals surface area contributed by atoms with Crippen molar-refractivity contribution in [3.63, 3.8) is 0 Å². The lowest BCUT2D eigenvalue weighted by atomic mass is 9.93. The molecule has 1 N–H and O–H groups in total. The van der Waals surface area contributed by atoms with Crippen molar-refractivity contribution in [3.05, 3.63) is 0 Å². The Balaban J connectivity index is 1.87. The van der Waals surface area contributed by atoms with Crippen LogP contribution >= 0.6 is 0 Å². The number of hydrogen-bond donors (Lipinski definition) is 1. The maximum Gasteiger partial charge on any atom is 0.193 e. The zero-order chi connectivity index (χ0) is 18.2. The molecule has 0 bridgehead atoms. The summed E-state index contributed by atoms with van der Waals surface area (Å²) < 4.78 is 5.49. The van der Waals surface area contributed by atoms with Crippen LogP contribution in [0.25, 0.3) is 0 Å². The number of likely N-dealkylation sites (N-methyl/N-ethyl adjacent to an activating group) is 1. The van der Waals surface area contributed by atoms with E-state index >= 15 is 0 Å². The normalized spacial score (nSPS) is 24.4.